The van der Waals surface area contributed by atoms with Crippen LogP contribution < -0.4 is 5.32 Å². The lowest BCUT2D eigenvalue weighted by Crippen LogP contribution is -2.53. The van der Waals surface area contributed by atoms with Gasteiger partial charge in [0, 0.05) is 36.6 Å². The first kappa shape index (κ1) is 15.1. The number of rotatable bonds is 4. The second-order valence-corrected chi connectivity index (χ2v) is 6.68. The number of carbonyl (C=O) groups excluding carboxylic acids is 1. The number of nitrogens with zero attached hydrogens (tertiary/aromatic N) is 1. The standard InChI is InChI=1S/C11H20N2O4S/c1-11(2)7-13(4-6-18-11)10(17)12-8(3-5-14)9(15)16/h8,14H,3-7H2,1-2H3,(H,12,17)(H,15,16). The normalized spacial score (nSPS) is 20.3. The van der Waals surface area contributed by atoms with E-state index in [0.717, 1.165) is 5.75 Å². The molecule has 6 nitrogen and oxygen atoms in total. The van der Waals surface area contributed by atoms with Crippen LogP contribution >= 0.6 is 11.8 Å². The molecule has 0 bridgehead atoms. The highest BCUT2D eigenvalue weighted by Crippen LogP contribution is 2.29. The molecule has 1 unspecified atom stereocenters. The Morgan fingerprint density at radius 1 is 1.50 bits per heavy atom. The van der Waals surface area contributed by atoms with E-state index in [1.54, 1.807) is 16.7 Å². The van der Waals surface area contributed by atoms with Crippen molar-refractivity contribution in [3.05, 3.63) is 0 Å². The molecule has 7 heteroatoms. The van der Waals surface area contributed by atoms with Gasteiger partial charge in [0.1, 0.15) is 6.04 Å². The Morgan fingerprint density at radius 2 is 2.17 bits per heavy atom. The molecule has 0 saturated carbocycles. The van der Waals surface area contributed by atoms with Gasteiger partial charge < -0.3 is 20.4 Å². The van der Waals surface area contributed by atoms with Crippen molar-refractivity contribution in [2.75, 3.05) is 25.4 Å². The van der Waals surface area contributed by atoms with Gasteiger partial charge in [-0.25, -0.2) is 9.59 Å². The Kier molecular flexibility index (Phi) is 5.28. The van der Waals surface area contributed by atoms with Crippen LogP contribution in [0.1, 0.15) is 20.3 Å². The molecule has 1 rings (SSSR count). The minimum Gasteiger partial charge on any atom is -0.480 e. The average molecular weight is 276 g/mol. The topological polar surface area (TPSA) is 89.9 Å². The van der Waals surface area contributed by atoms with Gasteiger partial charge >= 0.3 is 12.0 Å². The molecule has 1 atom stereocenters. The van der Waals surface area contributed by atoms with E-state index < -0.39 is 12.0 Å². The summed E-state index contributed by atoms with van der Waals surface area (Å²) < 4.78 is -0.00864. The third-order valence-electron chi connectivity index (χ3n) is 2.73. The van der Waals surface area contributed by atoms with Gasteiger partial charge in [-0.2, -0.15) is 11.8 Å². The van der Waals surface area contributed by atoms with Gasteiger partial charge in [-0.15, -0.1) is 0 Å². The van der Waals surface area contributed by atoms with Crippen LogP contribution in [0.25, 0.3) is 0 Å². The van der Waals surface area contributed by atoms with Crippen LogP contribution in [0.2, 0.25) is 0 Å². The predicted molar refractivity (Wildman–Crippen MR) is 69.8 cm³/mol. The molecule has 0 spiro atoms. The summed E-state index contributed by atoms with van der Waals surface area (Å²) in [7, 11) is 0. The van der Waals surface area contributed by atoms with Crippen molar-refractivity contribution >= 4 is 23.8 Å². The Hall–Kier alpha value is -0.950. The molecule has 104 valence electrons. The number of nitrogens with one attached hydrogen (secondary N) is 1. The van der Waals surface area contributed by atoms with E-state index in [1.165, 1.54) is 0 Å². The maximum absolute atomic E-state index is 11.9. The van der Waals surface area contributed by atoms with Crippen LogP contribution in [0.3, 0.4) is 0 Å². The van der Waals surface area contributed by atoms with Crippen LogP contribution in [0.15, 0.2) is 0 Å². The fourth-order valence-corrected chi connectivity index (χ4v) is 2.93. The molecule has 0 aromatic rings. The highest BCUT2D eigenvalue weighted by atomic mass is 32.2. The van der Waals surface area contributed by atoms with Gasteiger partial charge in [-0.3, -0.25) is 0 Å². The van der Waals surface area contributed by atoms with Crippen LogP contribution in [-0.2, 0) is 4.79 Å². The molecule has 1 fully saturated rings. The van der Waals surface area contributed by atoms with Crippen molar-refractivity contribution in [3.8, 4) is 0 Å². The third-order valence-corrected chi connectivity index (χ3v) is 4.02. The smallest absolute Gasteiger partial charge is 0.326 e. The van der Waals surface area contributed by atoms with Gasteiger partial charge in [-0.05, 0) is 13.8 Å². The second-order valence-electron chi connectivity index (χ2n) is 4.88. The summed E-state index contributed by atoms with van der Waals surface area (Å²) in [5.41, 5.74) is 0. The number of amides is 2. The molecule has 2 amide bonds. The summed E-state index contributed by atoms with van der Waals surface area (Å²) in [6.45, 7) is 5.05. The summed E-state index contributed by atoms with van der Waals surface area (Å²) in [4.78, 5) is 24.5. The van der Waals surface area contributed by atoms with Gasteiger partial charge in [0.05, 0.1) is 0 Å². The van der Waals surface area contributed by atoms with Gasteiger partial charge in [0.15, 0.2) is 0 Å². The average Bonchev–Trinajstić information content (AvgIpc) is 2.26. The highest BCUT2D eigenvalue weighted by Gasteiger charge is 2.31. The SMILES string of the molecule is CC1(C)CN(C(=O)NC(CCO)C(=O)O)CCS1. The molecule has 0 aliphatic carbocycles. The van der Waals surface area contributed by atoms with E-state index in [1.807, 2.05) is 0 Å². The number of aliphatic hydroxyl groups is 1. The molecule has 18 heavy (non-hydrogen) atoms. The molecule has 3 N–H and O–H groups in total. The molecular weight excluding hydrogens is 256 g/mol. The number of aliphatic carboxylic acids is 1. The van der Waals surface area contributed by atoms with Crippen molar-refractivity contribution in [1.29, 1.82) is 0 Å². The van der Waals surface area contributed by atoms with E-state index in [4.69, 9.17) is 10.2 Å². The van der Waals surface area contributed by atoms with Crippen molar-refractivity contribution < 1.29 is 19.8 Å². The third kappa shape index (κ3) is 4.38. The summed E-state index contributed by atoms with van der Waals surface area (Å²) in [5, 5.41) is 20.1. The maximum Gasteiger partial charge on any atom is 0.326 e. The number of carboxylic acids is 1. The Morgan fingerprint density at radius 3 is 2.67 bits per heavy atom. The van der Waals surface area contributed by atoms with Crippen LogP contribution in [0.4, 0.5) is 4.79 Å². The Bertz CT molecular complexity index is 322. The molecule has 1 aliphatic heterocycles. The summed E-state index contributed by atoms with van der Waals surface area (Å²) in [6.07, 6.45) is 0.0209. The van der Waals surface area contributed by atoms with E-state index >= 15 is 0 Å². The zero-order valence-electron chi connectivity index (χ0n) is 10.7. The lowest BCUT2D eigenvalue weighted by molar-refractivity contribution is -0.139. The van der Waals surface area contributed by atoms with E-state index in [2.05, 4.69) is 19.2 Å². The predicted octanol–water partition coefficient (Wildman–Crippen LogP) is 0.359. The van der Waals surface area contributed by atoms with E-state index in [-0.39, 0.29) is 23.8 Å². The molecule has 0 radical (unpaired) electrons. The van der Waals surface area contributed by atoms with E-state index in [0.29, 0.717) is 13.1 Å². The summed E-state index contributed by atoms with van der Waals surface area (Å²) in [5.74, 6) is -0.277. The number of hydrogen-bond acceptors (Lipinski definition) is 4. The minimum atomic E-state index is -1.12. The summed E-state index contributed by atoms with van der Waals surface area (Å²) in [6, 6.07) is -1.40. The Balaban J connectivity index is 2.55. The molecule has 1 heterocycles. The number of hydrogen-bond donors (Lipinski definition) is 3. The zero-order valence-corrected chi connectivity index (χ0v) is 11.5. The molecule has 0 aromatic heterocycles. The first-order chi connectivity index (χ1) is 8.35. The van der Waals surface area contributed by atoms with Crippen LogP contribution in [0.5, 0.6) is 0 Å². The van der Waals surface area contributed by atoms with Crippen LogP contribution in [-0.4, -0.2) is 63.4 Å². The largest absolute Gasteiger partial charge is 0.480 e. The van der Waals surface area contributed by atoms with Gasteiger partial charge in [-0.1, -0.05) is 0 Å². The number of aliphatic hydroxyl groups excluding tert-OH is 1. The summed E-state index contributed by atoms with van der Waals surface area (Å²) >= 11 is 1.80. The molecular formula is C11H20N2O4S. The van der Waals surface area contributed by atoms with Crippen molar-refractivity contribution in [3.63, 3.8) is 0 Å². The quantitative estimate of drug-likeness (QED) is 0.690. The van der Waals surface area contributed by atoms with E-state index in [9.17, 15) is 9.59 Å². The second kappa shape index (κ2) is 6.29. The number of carboxylic acid groups (broad SMARTS) is 1. The van der Waals surface area contributed by atoms with Gasteiger partial charge in [0.2, 0.25) is 0 Å². The number of carbonyl (C=O) groups is 2. The van der Waals surface area contributed by atoms with Gasteiger partial charge in [0.25, 0.3) is 0 Å². The zero-order chi connectivity index (χ0) is 13.8. The first-order valence-electron chi connectivity index (χ1n) is 5.89. The van der Waals surface area contributed by atoms with Crippen molar-refractivity contribution in [1.82, 2.24) is 10.2 Å². The lowest BCUT2D eigenvalue weighted by atomic mass is 10.2. The maximum atomic E-state index is 11.9. The molecule has 1 saturated heterocycles. The highest BCUT2D eigenvalue weighted by molar-refractivity contribution is 8.00. The fourth-order valence-electron chi connectivity index (χ4n) is 1.82. The monoisotopic (exact) mass is 276 g/mol. The number of urea groups is 1. The minimum absolute atomic E-state index is 0.00864. The van der Waals surface area contributed by atoms with Crippen molar-refractivity contribution in [2.45, 2.75) is 31.1 Å². The fraction of sp³-hybridized carbons (Fsp3) is 0.818. The van der Waals surface area contributed by atoms with Crippen molar-refractivity contribution in [2.24, 2.45) is 0 Å². The number of thioether (sulfide) groups is 1. The lowest BCUT2D eigenvalue weighted by Gasteiger charge is -2.37. The first-order valence-corrected chi connectivity index (χ1v) is 6.87. The molecule has 0 aromatic carbocycles. The Labute approximate surface area is 111 Å². The van der Waals surface area contributed by atoms with Crippen LogP contribution in [0, 0.1) is 0 Å². The molecule has 1 aliphatic rings.